The van der Waals surface area contributed by atoms with Gasteiger partial charge in [-0.25, -0.2) is 0 Å². The molecule has 0 radical (unpaired) electrons. The Morgan fingerprint density at radius 2 is 1.50 bits per heavy atom. The van der Waals surface area contributed by atoms with Crippen molar-refractivity contribution in [3.63, 3.8) is 0 Å². The van der Waals surface area contributed by atoms with Crippen LogP contribution in [0, 0.1) is 6.92 Å². The highest BCUT2D eigenvalue weighted by atomic mass is 16.5. The molecular formula is C13H18O. The number of aryl methyl sites for hydroxylation is 1. The van der Waals surface area contributed by atoms with E-state index < -0.39 is 0 Å². The zero-order chi connectivity index (χ0) is 10.6. The second kappa shape index (κ2) is 2.60. The highest BCUT2D eigenvalue weighted by molar-refractivity contribution is 5.42. The van der Waals surface area contributed by atoms with Crippen LogP contribution in [0.15, 0.2) is 18.2 Å². The molecule has 0 aliphatic carbocycles. The zero-order valence-electron chi connectivity index (χ0n) is 9.64. The summed E-state index contributed by atoms with van der Waals surface area (Å²) in [5, 5.41) is 0. The number of benzene rings is 1. The molecule has 0 N–H and O–H groups in total. The van der Waals surface area contributed by atoms with E-state index in [0.717, 1.165) is 0 Å². The molecule has 1 nitrogen and oxygen atoms in total. The lowest BCUT2D eigenvalue weighted by Crippen LogP contribution is -2.22. The van der Waals surface area contributed by atoms with Crippen LogP contribution < -0.4 is 0 Å². The maximum Gasteiger partial charge on any atom is 0.0891 e. The Morgan fingerprint density at radius 3 is 2.14 bits per heavy atom. The Bertz CT molecular complexity index is 375. The third kappa shape index (κ3) is 1.27. The van der Waals surface area contributed by atoms with Gasteiger partial charge >= 0.3 is 0 Å². The standard InChI is InChI=1S/C13H18O/c1-9-6-7-10-11(8-9)13(4,5)14-12(10,2)3/h6-8H,1-5H3. The van der Waals surface area contributed by atoms with Crippen molar-refractivity contribution in [3.8, 4) is 0 Å². The molecule has 0 fully saturated rings. The van der Waals surface area contributed by atoms with Gasteiger partial charge in [0.1, 0.15) is 0 Å². The largest absolute Gasteiger partial charge is 0.360 e. The summed E-state index contributed by atoms with van der Waals surface area (Å²) in [6.07, 6.45) is 0. The Labute approximate surface area is 86.1 Å². The summed E-state index contributed by atoms with van der Waals surface area (Å²) >= 11 is 0. The van der Waals surface area contributed by atoms with Gasteiger partial charge in [0.2, 0.25) is 0 Å². The molecule has 1 heteroatoms. The van der Waals surface area contributed by atoms with Crippen LogP contribution in [0.1, 0.15) is 44.4 Å². The van der Waals surface area contributed by atoms with E-state index in [0.29, 0.717) is 0 Å². The van der Waals surface area contributed by atoms with E-state index >= 15 is 0 Å². The van der Waals surface area contributed by atoms with E-state index in [-0.39, 0.29) is 11.2 Å². The van der Waals surface area contributed by atoms with Gasteiger partial charge in [-0.15, -0.1) is 0 Å². The molecule has 1 aliphatic rings. The van der Waals surface area contributed by atoms with Crippen LogP contribution in [0.25, 0.3) is 0 Å². The van der Waals surface area contributed by atoms with Crippen molar-refractivity contribution < 1.29 is 4.74 Å². The minimum atomic E-state index is -0.148. The summed E-state index contributed by atoms with van der Waals surface area (Å²) in [6, 6.07) is 6.59. The predicted molar refractivity (Wildman–Crippen MR) is 58.3 cm³/mol. The summed E-state index contributed by atoms with van der Waals surface area (Å²) in [6.45, 7) is 10.7. The maximum absolute atomic E-state index is 6.06. The lowest BCUT2D eigenvalue weighted by atomic mass is 9.89. The van der Waals surface area contributed by atoms with Gasteiger partial charge in [-0.2, -0.15) is 0 Å². The molecule has 0 aromatic heterocycles. The molecule has 1 aliphatic heterocycles. The third-order valence-electron chi connectivity index (χ3n) is 2.98. The summed E-state index contributed by atoms with van der Waals surface area (Å²) < 4.78 is 6.06. The first-order chi connectivity index (χ1) is 6.33. The van der Waals surface area contributed by atoms with Crippen molar-refractivity contribution in [1.29, 1.82) is 0 Å². The number of ether oxygens (including phenoxy) is 1. The van der Waals surface area contributed by atoms with Crippen molar-refractivity contribution in [3.05, 3.63) is 34.9 Å². The second-order valence-corrected chi connectivity index (χ2v) is 5.17. The minimum absolute atomic E-state index is 0.146. The molecule has 0 amide bonds. The molecule has 1 aromatic rings. The van der Waals surface area contributed by atoms with Crippen LogP contribution >= 0.6 is 0 Å². The van der Waals surface area contributed by atoms with E-state index in [4.69, 9.17) is 4.74 Å². The van der Waals surface area contributed by atoms with Gasteiger partial charge in [0, 0.05) is 0 Å². The molecule has 0 unspecified atom stereocenters. The topological polar surface area (TPSA) is 9.23 Å². The summed E-state index contributed by atoms with van der Waals surface area (Å²) in [4.78, 5) is 0. The molecule has 1 aromatic carbocycles. The van der Waals surface area contributed by atoms with Crippen molar-refractivity contribution in [1.82, 2.24) is 0 Å². The molecule has 76 valence electrons. The van der Waals surface area contributed by atoms with Crippen LogP contribution in [0.5, 0.6) is 0 Å². The van der Waals surface area contributed by atoms with Crippen LogP contribution in [0.4, 0.5) is 0 Å². The molecule has 0 saturated heterocycles. The van der Waals surface area contributed by atoms with Crippen LogP contribution in [-0.2, 0) is 15.9 Å². The Hall–Kier alpha value is -0.820. The van der Waals surface area contributed by atoms with E-state index in [1.807, 2.05) is 0 Å². The quantitative estimate of drug-likeness (QED) is 0.608. The molecule has 0 saturated carbocycles. The second-order valence-electron chi connectivity index (χ2n) is 5.17. The molecule has 0 atom stereocenters. The van der Waals surface area contributed by atoms with Crippen LogP contribution in [0.3, 0.4) is 0 Å². The normalized spacial score (nSPS) is 22.1. The van der Waals surface area contributed by atoms with E-state index in [2.05, 4.69) is 52.8 Å². The highest BCUT2D eigenvalue weighted by Gasteiger charge is 2.42. The van der Waals surface area contributed by atoms with Crippen molar-refractivity contribution in [2.45, 2.75) is 45.8 Å². The number of fused-ring (bicyclic) bond motifs is 1. The van der Waals surface area contributed by atoms with E-state index in [1.54, 1.807) is 0 Å². The van der Waals surface area contributed by atoms with Gasteiger partial charge in [-0.3, -0.25) is 0 Å². The summed E-state index contributed by atoms with van der Waals surface area (Å²) in [5.74, 6) is 0. The smallest absolute Gasteiger partial charge is 0.0891 e. The SMILES string of the molecule is Cc1ccc2c(c1)C(C)(C)OC2(C)C. The summed E-state index contributed by atoms with van der Waals surface area (Å²) in [5.41, 5.74) is 3.67. The van der Waals surface area contributed by atoms with Crippen molar-refractivity contribution in [2.24, 2.45) is 0 Å². The monoisotopic (exact) mass is 190 g/mol. The lowest BCUT2D eigenvalue weighted by molar-refractivity contribution is -0.105. The van der Waals surface area contributed by atoms with Gasteiger partial charge < -0.3 is 4.74 Å². The molecular weight excluding hydrogens is 172 g/mol. The molecule has 1 heterocycles. The minimum Gasteiger partial charge on any atom is -0.360 e. The molecule has 0 bridgehead atoms. The van der Waals surface area contributed by atoms with Crippen LogP contribution in [-0.4, -0.2) is 0 Å². The highest BCUT2D eigenvalue weighted by Crippen LogP contribution is 2.46. The fourth-order valence-corrected chi connectivity index (χ4v) is 2.43. The fraction of sp³-hybridized carbons (Fsp3) is 0.538. The Morgan fingerprint density at radius 1 is 0.929 bits per heavy atom. The van der Waals surface area contributed by atoms with Gasteiger partial charge in [0.15, 0.2) is 0 Å². The maximum atomic E-state index is 6.06. The number of hydrogen-bond acceptors (Lipinski definition) is 1. The van der Waals surface area contributed by atoms with Crippen molar-refractivity contribution >= 4 is 0 Å². The number of rotatable bonds is 0. The Kier molecular flexibility index (Phi) is 1.81. The molecule has 0 spiro atoms. The van der Waals surface area contributed by atoms with Gasteiger partial charge in [-0.05, 0) is 45.7 Å². The number of hydrogen-bond donors (Lipinski definition) is 0. The first-order valence-corrected chi connectivity index (χ1v) is 5.15. The average molecular weight is 190 g/mol. The van der Waals surface area contributed by atoms with Crippen LogP contribution in [0.2, 0.25) is 0 Å². The van der Waals surface area contributed by atoms with E-state index in [1.165, 1.54) is 16.7 Å². The average Bonchev–Trinajstić information content (AvgIpc) is 2.17. The predicted octanol–water partition coefficient (Wildman–Crippen LogP) is 3.50. The van der Waals surface area contributed by atoms with Gasteiger partial charge in [0.05, 0.1) is 11.2 Å². The van der Waals surface area contributed by atoms with E-state index in [9.17, 15) is 0 Å². The Balaban J connectivity index is 2.66. The summed E-state index contributed by atoms with van der Waals surface area (Å²) in [7, 11) is 0. The van der Waals surface area contributed by atoms with Gasteiger partial charge in [-0.1, -0.05) is 23.8 Å². The van der Waals surface area contributed by atoms with Gasteiger partial charge in [0.25, 0.3) is 0 Å². The first kappa shape index (κ1) is 9.72. The lowest BCUT2D eigenvalue weighted by Gasteiger charge is -2.24. The first-order valence-electron chi connectivity index (χ1n) is 5.15. The van der Waals surface area contributed by atoms with Crippen molar-refractivity contribution in [2.75, 3.05) is 0 Å². The molecule has 14 heavy (non-hydrogen) atoms. The fourth-order valence-electron chi connectivity index (χ4n) is 2.43. The zero-order valence-corrected chi connectivity index (χ0v) is 9.64. The third-order valence-corrected chi connectivity index (χ3v) is 2.98. The molecule has 2 rings (SSSR count).